The number of nitrogen functional groups attached to an aromatic ring is 1. The molecule has 2 aromatic rings. The fourth-order valence-corrected chi connectivity index (χ4v) is 3.95. The Kier molecular flexibility index (Phi) is 6.38. The molecule has 134 valence electrons. The van der Waals surface area contributed by atoms with Crippen LogP contribution in [-0.4, -0.2) is 0 Å². The van der Waals surface area contributed by atoms with Crippen molar-refractivity contribution in [1.82, 2.24) is 0 Å². The summed E-state index contributed by atoms with van der Waals surface area (Å²) in [4.78, 5) is 0. The molecule has 0 aliphatic heterocycles. The SMILES string of the molecule is CCCCCC1CCC(c2ccc(Oc3ccc(N)cc3)cc2)CC1. The van der Waals surface area contributed by atoms with Crippen LogP contribution in [0.2, 0.25) is 0 Å². The van der Waals surface area contributed by atoms with E-state index in [2.05, 4.69) is 31.2 Å². The lowest BCUT2D eigenvalue weighted by Crippen LogP contribution is -2.13. The van der Waals surface area contributed by atoms with E-state index in [4.69, 9.17) is 10.5 Å². The highest BCUT2D eigenvalue weighted by atomic mass is 16.5. The van der Waals surface area contributed by atoms with Crippen molar-refractivity contribution in [3.05, 3.63) is 54.1 Å². The topological polar surface area (TPSA) is 35.2 Å². The molecular weight excluding hydrogens is 306 g/mol. The molecule has 0 aromatic heterocycles. The minimum absolute atomic E-state index is 0.730. The predicted octanol–water partition coefficient (Wildman–Crippen LogP) is 6.92. The molecule has 1 aliphatic rings. The van der Waals surface area contributed by atoms with Gasteiger partial charge in [0.25, 0.3) is 0 Å². The van der Waals surface area contributed by atoms with Crippen molar-refractivity contribution in [2.75, 3.05) is 5.73 Å². The normalized spacial score (nSPS) is 20.4. The first-order valence-corrected chi connectivity index (χ1v) is 9.88. The third-order valence-electron chi connectivity index (χ3n) is 5.53. The Morgan fingerprint density at radius 1 is 0.840 bits per heavy atom. The Morgan fingerprint density at radius 3 is 2.04 bits per heavy atom. The molecule has 0 atom stereocenters. The van der Waals surface area contributed by atoms with E-state index in [1.165, 1.54) is 56.9 Å². The first-order valence-electron chi connectivity index (χ1n) is 9.88. The zero-order valence-corrected chi connectivity index (χ0v) is 15.4. The van der Waals surface area contributed by atoms with Gasteiger partial charge in [-0.1, -0.05) is 44.7 Å². The zero-order valence-electron chi connectivity index (χ0n) is 15.4. The highest BCUT2D eigenvalue weighted by molar-refractivity contribution is 5.43. The molecule has 0 amide bonds. The van der Waals surface area contributed by atoms with Crippen LogP contribution in [0.1, 0.15) is 69.8 Å². The fourth-order valence-electron chi connectivity index (χ4n) is 3.95. The van der Waals surface area contributed by atoms with Gasteiger partial charge in [-0.15, -0.1) is 0 Å². The molecule has 0 heterocycles. The number of hydrogen-bond acceptors (Lipinski definition) is 2. The van der Waals surface area contributed by atoms with E-state index in [0.717, 1.165) is 29.0 Å². The van der Waals surface area contributed by atoms with E-state index >= 15 is 0 Å². The van der Waals surface area contributed by atoms with Crippen LogP contribution in [0.25, 0.3) is 0 Å². The van der Waals surface area contributed by atoms with E-state index in [9.17, 15) is 0 Å². The van der Waals surface area contributed by atoms with Gasteiger partial charge in [-0.25, -0.2) is 0 Å². The van der Waals surface area contributed by atoms with Gasteiger partial charge in [0.05, 0.1) is 0 Å². The average Bonchev–Trinajstić information content (AvgIpc) is 2.65. The predicted molar refractivity (Wildman–Crippen MR) is 106 cm³/mol. The molecule has 0 spiro atoms. The quantitative estimate of drug-likeness (QED) is 0.440. The second kappa shape index (κ2) is 8.94. The second-order valence-corrected chi connectivity index (χ2v) is 7.45. The van der Waals surface area contributed by atoms with Gasteiger partial charge in [-0.3, -0.25) is 0 Å². The molecule has 0 unspecified atom stereocenters. The summed E-state index contributed by atoms with van der Waals surface area (Å²) in [7, 11) is 0. The summed E-state index contributed by atoms with van der Waals surface area (Å²) < 4.78 is 5.89. The number of rotatable bonds is 7. The Balaban J connectivity index is 1.50. The van der Waals surface area contributed by atoms with Gasteiger partial charge in [0.1, 0.15) is 11.5 Å². The molecule has 1 aliphatic carbocycles. The van der Waals surface area contributed by atoms with Crippen LogP contribution >= 0.6 is 0 Å². The van der Waals surface area contributed by atoms with Crippen molar-refractivity contribution in [2.24, 2.45) is 5.92 Å². The smallest absolute Gasteiger partial charge is 0.127 e. The summed E-state index contributed by atoms with van der Waals surface area (Å²) >= 11 is 0. The Bertz CT molecular complexity index is 624. The molecule has 0 bridgehead atoms. The third kappa shape index (κ3) is 5.26. The summed E-state index contributed by atoms with van der Waals surface area (Å²) in [5, 5.41) is 0. The van der Waals surface area contributed by atoms with Gasteiger partial charge in [-0.2, -0.15) is 0 Å². The Labute approximate surface area is 152 Å². The molecule has 3 rings (SSSR count). The summed E-state index contributed by atoms with van der Waals surface area (Å²) in [6.45, 7) is 2.29. The van der Waals surface area contributed by atoms with Crippen molar-refractivity contribution in [2.45, 2.75) is 64.2 Å². The molecule has 1 saturated carbocycles. The Hall–Kier alpha value is -1.96. The molecule has 1 fully saturated rings. The lowest BCUT2D eigenvalue weighted by molar-refractivity contribution is 0.302. The van der Waals surface area contributed by atoms with E-state index in [1.54, 1.807) is 0 Å². The van der Waals surface area contributed by atoms with Crippen LogP contribution < -0.4 is 10.5 Å². The number of hydrogen-bond donors (Lipinski definition) is 1. The van der Waals surface area contributed by atoms with Crippen LogP contribution in [-0.2, 0) is 0 Å². The van der Waals surface area contributed by atoms with Crippen LogP contribution in [0.4, 0.5) is 5.69 Å². The van der Waals surface area contributed by atoms with Gasteiger partial charge < -0.3 is 10.5 Å². The van der Waals surface area contributed by atoms with Crippen molar-refractivity contribution < 1.29 is 4.74 Å². The number of ether oxygens (including phenoxy) is 1. The van der Waals surface area contributed by atoms with Crippen molar-refractivity contribution >= 4 is 5.69 Å². The molecule has 2 N–H and O–H groups in total. The number of unbranched alkanes of at least 4 members (excludes halogenated alkanes) is 2. The van der Waals surface area contributed by atoms with E-state index < -0.39 is 0 Å². The van der Waals surface area contributed by atoms with Crippen LogP contribution in [0.5, 0.6) is 11.5 Å². The van der Waals surface area contributed by atoms with Crippen molar-refractivity contribution in [3.63, 3.8) is 0 Å². The molecule has 2 heteroatoms. The van der Waals surface area contributed by atoms with Gasteiger partial charge in [-0.05, 0) is 79.5 Å². The molecular formula is C23H31NO. The minimum Gasteiger partial charge on any atom is -0.457 e. The number of benzene rings is 2. The van der Waals surface area contributed by atoms with Gasteiger partial charge >= 0.3 is 0 Å². The fraction of sp³-hybridized carbons (Fsp3) is 0.478. The number of anilines is 1. The van der Waals surface area contributed by atoms with Crippen LogP contribution in [0.3, 0.4) is 0 Å². The lowest BCUT2D eigenvalue weighted by Gasteiger charge is -2.29. The average molecular weight is 338 g/mol. The summed E-state index contributed by atoms with van der Waals surface area (Å²) in [5.41, 5.74) is 7.94. The maximum Gasteiger partial charge on any atom is 0.127 e. The Morgan fingerprint density at radius 2 is 1.44 bits per heavy atom. The first-order chi connectivity index (χ1) is 12.2. The number of nitrogens with two attached hydrogens (primary N) is 1. The maximum absolute atomic E-state index is 5.89. The summed E-state index contributed by atoms with van der Waals surface area (Å²) in [6.07, 6.45) is 11.1. The van der Waals surface area contributed by atoms with Crippen LogP contribution in [0, 0.1) is 5.92 Å². The van der Waals surface area contributed by atoms with Crippen molar-refractivity contribution in [3.8, 4) is 11.5 Å². The third-order valence-corrected chi connectivity index (χ3v) is 5.53. The van der Waals surface area contributed by atoms with E-state index in [0.29, 0.717) is 0 Å². The highest BCUT2D eigenvalue weighted by Crippen LogP contribution is 2.38. The summed E-state index contributed by atoms with van der Waals surface area (Å²) in [5.74, 6) is 3.42. The maximum atomic E-state index is 5.89. The molecule has 0 radical (unpaired) electrons. The molecule has 0 saturated heterocycles. The van der Waals surface area contributed by atoms with E-state index in [-0.39, 0.29) is 0 Å². The monoisotopic (exact) mass is 337 g/mol. The van der Waals surface area contributed by atoms with Gasteiger partial charge in [0, 0.05) is 5.69 Å². The van der Waals surface area contributed by atoms with Crippen LogP contribution in [0.15, 0.2) is 48.5 Å². The second-order valence-electron chi connectivity index (χ2n) is 7.45. The highest BCUT2D eigenvalue weighted by Gasteiger charge is 2.22. The van der Waals surface area contributed by atoms with E-state index in [1.807, 2.05) is 24.3 Å². The van der Waals surface area contributed by atoms with Crippen molar-refractivity contribution in [1.29, 1.82) is 0 Å². The van der Waals surface area contributed by atoms with Gasteiger partial charge in [0.15, 0.2) is 0 Å². The molecule has 2 aromatic carbocycles. The standard InChI is InChI=1S/C23H31NO/c1-2-3-4-5-18-6-8-19(9-7-18)20-10-14-22(15-11-20)25-23-16-12-21(24)13-17-23/h10-19H,2-9,24H2,1H3. The largest absolute Gasteiger partial charge is 0.457 e. The summed E-state index contributed by atoms with van der Waals surface area (Å²) in [6, 6.07) is 16.2. The molecule has 25 heavy (non-hydrogen) atoms. The zero-order chi connectivity index (χ0) is 17.5. The lowest BCUT2D eigenvalue weighted by atomic mass is 9.77. The van der Waals surface area contributed by atoms with Gasteiger partial charge in [0.2, 0.25) is 0 Å². The minimum atomic E-state index is 0.730. The molecule has 2 nitrogen and oxygen atoms in total. The first kappa shape index (κ1) is 17.8.